The third-order valence-electron chi connectivity index (χ3n) is 5.21. The molecule has 2 atom stereocenters. The van der Waals surface area contributed by atoms with Crippen molar-refractivity contribution in [1.29, 1.82) is 0 Å². The number of aryl methyl sites for hydroxylation is 1. The summed E-state index contributed by atoms with van der Waals surface area (Å²) in [5, 5.41) is 4.23. The third-order valence-corrected chi connectivity index (χ3v) is 5.21. The van der Waals surface area contributed by atoms with Crippen LogP contribution >= 0.6 is 0 Å². The lowest BCUT2D eigenvalue weighted by molar-refractivity contribution is 0.0858. The number of ether oxygens (including phenoxy) is 1. The monoisotopic (exact) mass is 312 g/mol. The van der Waals surface area contributed by atoms with Crippen LogP contribution in [0.3, 0.4) is 0 Å². The molecule has 0 spiro atoms. The number of fused-ring (bicyclic) bond motifs is 3. The van der Waals surface area contributed by atoms with Gasteiger partial charge in [0, 0.05) is 35.3 Å². The van der Waals surface area contributed by atoms with E-state index in [9.17, 15) is 4.79 Å². The van der Waals surface area contributed by atoms with Crippen molar-refractivity contribution in [1.82, 2.24) is 10.3 Å². The van der Waals surface area contributed by atoms with Crippen LogP contribution in [-0.2, 0) is 17.6 Å². The van der Waals surface area contributed by atoms with Crippen LogP contribution in [0, 0.1) is 5.92 Å². The number of H-pyrrole nitrogens is 1. The first kappa shape index (κ1) is 14.8. The molecule has 1 aliphatic carbocycles. The van der Waals surface area contributed by atoms with Gasteiger partial charge in [0.25, 0.3) is 5.91 Å². The van der Waals surface area contributed by atoms with Gasteiger partial charge >= 0.3 is 0 Å². The number of aromatic nitrogens is 1. The van der Waals surface area contributed by atoms with E-state index in [4.69, 9.17) is 4.74 Å². The van der Waals surface area contributed by atoms with Gasteiger partial charge in [0.15, 0.2) is 0 Å². The van der Waals surface area contributed by atoms with E-state index in [2.05, 4.69) is 17.2 Å². The maximum Gasteiger partial charge on any atom is 0.251 e. The highest BCUT2D eigenvalue weighted by Crippen LogP contribution is 2.32. The summed E-state index contributed by atoms with van der Waals surface area (Å²) >= 11 is 0. The van der Waals surface area contributed by atoms with Crippen LogP contribution < -0.4 is 5.32 Å². The Hall–Kier alpha value is -1.81. The van der Waals surface area contributed by atoms with Crippen LogP contribution in [0.4, 0.5) is 0 Å². The topological polar surface area (TPSA) is 54.1 Å². The van der Waals surface area contributed by atoms with E-state index in [0.717, 1.165) is 49.3 Å². The number of carbonyl (C=O) groups excluding carboxylic acids is 1. The Bertz CT molecular complexity index is 728. The standard InChI is InChI=1S/C19H24N2O2/c1-12-4-6-17-15(9-12)16-10-13(5-7-18(16)21-17)19(22)20-11-14-3-2-8-23-14/h5,7,10,12,14,21H,2-4,6,8-9,11H2,1H3,(H,20,22)/t12-,14-/m1/s1. The number of amides is 1. The zero-order valence-electron chi connectivity index (χ0n) is 13.7. The summed E-state index contributed by atoms with van der Waals surface area (Å²) in [6.45, 7) is 3.74. The Balaban J connectivity index is 1.55. The SMILES string of the molecule is C[C@@H]1CCc2[nH]c3ccc(C(=O)NC[C@H]4CCCO4)cc3c2C1. The molecule has 2 aliphatic rings. The van der Waals surface area contributed by atoms with E-state index in [1.807, 2.05) is 18.2 Å². The van der Waals surface area contributed by atoms with Gasteiger partial charge in [-0.1, -0.05) is 6.92 Å². The molecule has 122 valence electrons. The second kappa shape index (κ2) is 6.00. The molecule has 1 aliphatic heterocycles. The normalized spacial score (nSPS) is 23.9. The molecule has 0 radical (unpaired) electrons. The largest absolute Gasteiger partial charge is 0.376 e. The number of hydrogen-bond donors (Lipinski definition) is 2. The van der Waals surface area contributed by atoms with Gasteiger partial charge in [-0.3, -0.25) is 4.79 Å². The van der Waals surface area contributed by atoms with E-state index in [1.165, 1.54) is 23.1 Å². The minimum Gasteiger partial charge on any atom is -0.376 e. The minimum atomic E-state index is 0.00112. The van der Waals surface area contributed by atoms with Crippen molar-refractivity contribution in [3.63, 3.8) is 0 Å². The lowest BCUT2D eigenvalue weighted by Gasteiger charge is -2.18. The molecular formula is C19H24N2O2. The lowest BCUT2D eigenvalue weighted by atomic mass is 9.87. The molecule has 2 N–H and O–H groups in total. The molecule has 23 heavy (non-hydrogen) atoms. The Morgan fingerprint density at radius 1 is 1.39 bits per heavy atom. The van der Waals surface area contributed by atoms with E-state index >= 15 is 0 Å². The molecule has 2 heterocycles. The molecule has 2 aromatic rings. The quantitative estimate of drug-likeness (QED) is 0.914. The predicted molar refractivity (Wildman–Crippen MR) is 90.8 cm³/mol. The van der Waals surface area contributed by atoms with E-state index < -0.39 is 0 Å². The fourth-order valence-electron chi connectivity index (χ4n) is 3.85. The summed E-state index contributed by atoms with van der Waals surface area (Å²) in [6.07, 6.45) is 5.79. The number of nitrogens with one attached hydrogen (secondary N) is 2. The van der Waals surface area contributed by atoms with Crippen molar-refractivity contribution in [3.8, 4) is 0 Å². The fourth-order valence-corrected chi connectivity index (χ4v) is 3.85. The van der Waals surface area contributed by atoms with Crippen LogP contribution in [-0.4, -0.2) is 30.1 Å². The summed E-state index contributed by atoms with van der Waals surface area (Å²) in [5.41, 5.74) is 4.66. The molecule has 1 saturated heterocycles. The highest BCUT2D eigenvalue weighted by Gasteiger charge is 2.21. The highest BCUT2D eigenvalue weighted by molar-refractivity contribution is 5.99. The average molecular weight is 312 g/mol. The fraction of sp³-hybridized carbons (Fsp3) is 0.526. The first-order valence-electron chi connectivity index (χ1n) is 8.74. The number of rotatable bonds is 3. The summed E-state index contributed by atoms with van der Waals surface area (Å²) in [7, 11) is 0. The molecule has 4 heteroatoms. The molecule has 1 fully saturated rings. The smallest absolute Gasteiger partial charge is 0.251 e. The Morgan fingerprint density at radius 3 is 3.13 bits per heavy atom. The first-order chi connectivity index (χ1) is 11.2. The van der Waals surface area contributed by atoms with Gasteiger partial charge in [-0.15, -0.1) is 0 Å². The number of carbonyl (C=O) groups is 1. The van der Waals surface area contributed by atoms with Crippen LogP contribution in [0.15, 0.2) is 18.2 Å². The molecule has 0 unspecified atom stereocenters. The molecular weight excluding hydrogens is 288 g/mol. The molecule has 4 rings (SSSR count). The first-order valence-corrected chi connectivity index (χ1v) is 8.74. The molecule has 1 amide bonds. The van der Waals surface area contributed by atoms with Gasteiger partial charge in [-0.2, -0.15) is 0 Å². The molecule has 1 aromatic carbocycles. The van der Waals surface area contributed by atoms with Gasteiger partial charge in [0.1, 0.15) is 0 Å². The van der Waals surface area contributed by atoms with E-state index in [0.29, 0.717) is 6.54 Å². The zero-order chi connectivity index (χ0) is 15.8. The van der Waals surface area contributed by atoms with Crippen LogP contribution in [0.25, 0.3) is 10.9 Å². The second-order valence-electron chi connectivity index (χ2n) is 7.04. The zero-order valence-corrected chi connectivity index (χ0v) is 13.7. The van der Waals surface area contributed by atoms with Crippen molar-refractivity contribution >= 4 is 16.8 Å². The Labute approximate surface area is 136 Å². The minimum absolute atomic E-state index is 0.00112. The molecule has 0 bridgehead atoms. The van der Waals surface area contributed by atoms with Gasteiger partial charge in [0.05, 0.1) is 6.10 Å². The van der Waals surface area contributed by atoms with Crippen molar-refractivity contribution in [3.05, 3.63) is 35.0 Å². The van der Waals surface area contributed by atoms with Crippen molar-refractivity contribution < 1.29 is 9.53 Å². The van der Waals surface area contributed by atoms with Crippen LogP contribution in [0.1, 0.15) is 47.8 Å². The summed E-state index contributed by atoms with van der Waals surface area (Å²) in [4.78, 5) is 16.0. The van der Waals surface area contributed by atoms with E-state index in [1.54, 1.807) is 0 Å². The molecule has 0 saturated carbocycles. The highest BCUT2D eigenvalue weighted by atomic mass is 16.5. The maximum absolute atomic E-state index is 12.4. The molecule has 1 aromatic heterocycles. The lowest BCUT2D eigenvalue weighted by Crippen LogP contribution is -2.31. The molecule has 4 nitrogen and oxygen atoms in total. The summed E-state index contributed by atoms with van der Waals surface area (Å²) < 4.78 is 5.56. The van der Waals surface area contributed by atoms with Crippen molar-refractivity contribution in [2.24, 2.45) is 5.92 Å². The number of benzene rings is 1. The number of hydrogen-bond acceptors (Lipinski definition) is 2. The van der Waals surface area contributed by atoms with Gasteiger partial charge in [-0.25, -0.2) is 0 Å². The van der Waals surface area contributed by atoms with Gasteiger partial charge in [0.2, 0.25) is 0 Å². The van der Waals surface area contributed by atoms with Gasteiger partial charge < -0.3 is 15.0 Å². The number of aromatic amines is 1. The Kier molecular flexibility index (Phi) is 3.85. The Morgan fingerprint density at radius 2 is 2.30 bits per heavy atom. The summed E-state index contributed by atoms with van der Waals surface area (Å²) in [6, 6.07) is 6.01. The van der Waals surface area contributed by atoms with Gasteiger partial charge in [-0.05, 0) is 61.8 Å². The average Bonchev–Trinajstić information content (AvgIpc) is 3.19. The third kappa shape index (κ3) is 2.88. The van der Waals surface area contributed by atoms with Crippen LogP contribution in [0.5, 0.6) is 0 Å². The van der Waals surface area contributed by atoms with Crippen molar-refractivity contribution in [2.75, 3.05) is 13.2 Å². The predicted octanol–water partition coefficient (Wildman–Crippen LogP) is 3.20. The maximum atomic E-state index is 12.4. The van der Waals surface area contributed by atoms with Crippen molar-refractivity contribution in [2.45, 2.75) is 45.1 Å². The second-order valence-corrected chi connectivity index (χ2v) is 7.04. The van der Waals surface area contributed by atoms with Crippen LogP contribution in [0.2, 0.25) is 0 Å². The summed E-state index contributed by atoms with van der Waals surface area (Å²) in [5.74, 6) is 0.722. The van der Waals surface area contributed by atoms with E-state index in [-0.39, 0.29) is 12.0 Å².